The van der Waals surface area contributed by atoms with E-state index in [0.29, 0.717) is 18.2 Å². The van der Waals surface area contributed by atoms with Crippen molar-refractivity contribution < 1.29 is 9.47 Å². The highest BCUT2D eigenvalue weighted by atomic mass is 35.5. The first-order chi connectivity index (χ1) is 10.2. The number of nitrogens with two attached hydrogens (primary N) is 1. The Hall–Kier alpha value is -1.75. The first kappa shape index (κ1) is 14.2. The van der Waals surface area contributed by atoms with Gasteiger partial charge >= 0.3 is 0 Å². The molecule has 110 valence electrons. The fourth-order valence-corrected chi connectivity index (χ4v) is 2.85. The Bertz CT molecular complexity index is 640. The van der Waals surface area contributed by atoms with Crippen LogP contribution in [0.1, 0.15) is 22.7 Å². The molecule has 3 N–H and O–H groups in total. The fraction of sp³-hybridized carbons (Fsp3) is 0.250. The molecule has 0 aliphatic carbocycles. The minimum Gasteiger partial charge on any atom is -0.486 e. The fourth-order valence-electron chi connectivity index (χ4n) is 2.56. The predicted molar refractivity (Wildman–Crippen MR) is 82.8 cm³/mol. The smallest absolute Gasteiger partial charge is 0.161 e. The number of hydrazine groups is 1. The standard InChI is InChI=1S/C16H17ClN2O2/c1-10-6-12(8-13(17)7-10)16(19-18)11-2-3-14-15(9-11)21-5-4-20-14/h2-3,6-9,16,19H,4-5,18H2,1H3. The van der Waals surface area contributed by atoms with Gasteiger partial charge in [0.05, 0.1) is 6.04 Å². The van der Waals surface area contributed by atoms with Gasteiger partial charge in [0, 0.05) is 5.02 Å². The number of ether oxygens (including phenoxy) is 2. The van der Waals surface area contributed by atoms with Gasteiger partial charge in [-0.3, -0.25) is 5.84 Å². The minimum absolute atomic E-state index is 0.154. The molecule has 4 nitrogen and oxygen atoms in total. The number of benzene rings is 2. The SMILES string of the molecule is Cc1cc(Cl)cc(C(NN)c2ccc3c(c2)OCCO3)c1. The zero-order valence-electron chi connectivity index (χ0n) is 11.7. The van der Waals surface area contributed by atoms with E-state index in [9.17, 15) is 0 Å². The molecule has 1 atom stereocenters. The van der Waals surface area contributed by atoms with E-state index in [1.807, 2.05) is 37.3 Å². The number of rotatable bonds is 3. The molecular weight excluding hydrogens is 288 g/mol. The zero-order chi connectivity index (χ0) is 14.8. The number of halogens is 1. The Morgan fingerprint density at radius 1 is 1.05 bits per heavy atom. The van der Waals surface area contributed by atoms with Crippen molar-refractivity contribution in [2.75, 3.05) is 13.2 Å². The summed E-state index contributed by atoms with van der Waals surface area (Å²) in [6, 6.07) is 11.6. The summed E-state index contributed by atoms with van der Waals surface area (Å²) in [4.78, 5) is 0. The lowest BCUT2D eigenvalue weighted by atomic mass is 9.97. The van der Waals surface area contributed by atoms with Crippen LogP contribution in [0, 0.1) is 6.92 Å². The maximum absolute atomic E-state index is 6.14. The lowest BCUT2D eigenvalue weighted by Gasteiger charge is -2.22. The summed E-state index contributed by atoms with van der Waals surface area (Å²) in [6.07, 6.45) is 0. The van der Waals surface area contributed by atoms with E-state index in [2.05, 4.69) is 11.5 Å². The van der Waals surface area contributed by atoms with Gasteiger partial charge in [0.25, 0.3) is 0 Å². The maximum Gasteiger partial charge on any atom is 0.161 e. The van der Waals surface area contributed by atoms with Crippen LogP contribution in [0.25, 0.3) is 0 Å². The Morgan fingerprint density at radius 3 is 2.52 bits per heavy atom. The van der Waals surface area contributed by atoms with E-state index in [1.165, 1.54) is 0 Å². The first-order valence-corrected chi connectivity index (χ1v) is 7.18. The second kappa shape index (κ2) is 5.93. The summed E-state index contributed by atoms with van der Waals surface area (Å²) in [5.74, 6) is 7.26. The molecule has 1 aliphatic heterocycles. The average Bonchev–Trinajstić information content (AvgIpc) is 2.47. The van der Waals surface area contributed by atoms with Crippen LogP contribution < -0.4 is 20.7 Å². The van der Waals surface area contributed by atoms with Gasteiger partial charge < -0.3 is 9.47 Å². The van der Waals surface area contributed by atoms with Gasteiger partial charge in [0.1, 0.15) is 13.2 Å². The van der Waals surface area contributed by atoms with Crippen LogP contribution >= 0.6 is 11.6 Å². The van der Waals surface area contributed by atoms with Gasteiger partial charge in [0.15, 0.2) is 11.5 Å². The number of nitrogens with one attached hydrogen (secondary N) is 1. The summed E-state index contributed by atoms with van der Waals surface area (Å²) in [7, 11) is 0. The van der Waals surface area contributed by atoms with E-state index in [1.54, 1.807) is 0 Å². The Morgan fingerprint density at radius 2 is 1.81 bits per heavy atom. The monoisotopic (exact) mass is 304 g/mol. The van der Waals surface area contributed by atoms with Gasteiger partial charge in [-0.2, -0.15) is 0 Å². The van der Waals surface area contributed by atoms with E-state index < -0.39 is 0 Å². The van der Waals surface area contributed by atoms with E-state index in [0.717, 1.165) is 28.2 Å². The second-order valence-corrected chi connectivity index (χ2v) is 5.50. The van der Waals surface area contributed by atoms with Gasteiger partial charge in [-0.15, -0.1) is 0 Å². The molecule has 0 amide bonds. The van der Waals surface area contributed by atoms with E-state index >= 15 is 0 Å². The third-order valence-corrected chi connectivity index (χ3v) is 3.68. The van der Waals surface area contributed by atoms with Crippen LogP contribution in [-0.4, -0.2) is 13.2 Å². The molecule has 0 radical (unpaired) electrons. The van der Waals surface area contributed by atoms with Crippen molar-refractivity contribution in [2.45, 2.75) is 13.0 Å². The molecule has 0 saturated heterocycles. The maximum atomic E-state index is 6.14. The zero-order valence-corrected chi connectivity index (χ0v) is 12.5. The van der Waals surface area contributed by atoms with Crippen molar-refractivity contribution in [3.63, 3.8) is 0 Å². The summed E-state index contributed by atoms with van der Waals surface area (Å²) in [6.45, 7) is 3.15. The molecule has 2 aromatic rings. The molecule has 0 fully saturated rings. The van der Waals surface area contributed by atoms with Gasteiger partial charge in [0.2, 0.25) is 0 Å². The third kappa shape index (κ3) is 2.97. The lowest BCUT2D eigenvalue weighted by Crippen LogP contribution is -2.29. The third-order valence-electron chi connectivity index (χ3n) is 3.46. The van der Waals surface area contributed by atoms with Gasteiger partial charge in [-0.05, 0) is 47.9 Å². The highest BCUT2D eigenvalue weighted by Crippen LogP contribution is 2.34. The molecule has 0 saturated carbocycles. The topological polar surface area (TPSA) is 56.5 Å². The molecule has 1 unspecified atom stereocenters. The Kier molecular flexibility index (Phi) is 4.01. The van der Waals surface area contributed by atoms with Crippen LogP contribution in [0.5, 0.6) is 11.5 Å². The van der Waals surface area contributed by atoms with E-state index in [4.69, 9.17) is 26.9 Å². The largest absolute Gasteiger partial charge is 0.486 e. The molecular formula is C16H17ClN2O2. The minimum atomic E-state index is -0.154. The van der Waals surface area contributed by atoms with Crippen molar-refractivity contribution in [2.24, 2.45) is 5.84 Å². The number of fused-ring (bicyclic) bond motifs is 1. The highest BCUT2D eigenvalue weighted by Gasteiger charge is 2.18. The van der Waals surface area contributed by atoms with Crippen molar-refractivity contribution in [3.8, 4) is 11.5 Å². The van der Waals surface area contributed by atoms with Crippen LogP contribution in [0.2, 0.25) is 5.02 Å². The normalized spacial score (nSPS) is 14.8. The van der Waals surface area contributed by atoms with Crippen molar-refractivity contribution in [1.29, 1.82) is 0 Å². The van der Waals surface area contributed by atoms with Crippen molar-refractivity contribution in [1.82, 2.24) is 5.43 Å². The lowest BCUT2D eigenvalue weighted by molar-refractivity contribution is 0.171. The van der Waals surface area contributed by atoms with Crippen LogP contribution in [0.3, 0.4) is 0 Å². The molecule has 1 aliphatic rings. The quantitative estimate of drug-likeness (QED) is 0.676. The summed E-state index contributed by atoms with van der Waals surface area (Å²) in [5.41, 5.74) is 5.95. The molecule has 1 heterocycles. The van der Waals surface area contributed by atoms with Gasteiger partial charge in [-0.25, -0.2) is 5.43 Å². The molecule has 0 spiro atoms. The van der Waals surface area contributed by atoms with Gasteiger partial charge in [-0.1, -0.05) is 23.7 Å². The molecule has 2 aromatic carbocycles. The Balaban J connectivity index is 1.99. The molecule has 0 aromatic heterocycles. The average molecular weight is 305 g/mol. The van der Waals surface area contributed by atoms with Crippen molar-refractivity contribution in [3.05, 3.63) is 58.1 Å². The predicted octanol–water partition coefficient (Wildman–Crippen LogP) is 2.97. The van der Waals surface area contributed by atoms with Crippen molar-refractivity contribution >= 4 is 11.6 Å². The molecule has 3 rings (SSSR count). The molecule has 0 bridgehead atoms. The summed E-state index contributed by atoms with van der Waals surface area (Å²) in [5, 5.41) is 0.697. The highest BCUT2D eigenvalue weighted by molar-refractivity contribution is 6.30. The summed E-state index contributed by atoms with van der Waals surface area (Å²) >= 11 is 6.14. The molecule has 21 heavy (non-hydrogen) atoms. The van der Waals surface area contributed by atoms with Crippen LogP contribution in [-0.2, 0) is 0 Å². The van der Waals surface area contributed by atoms with Crippen LogP contribution in [0.15, 0.2) is 36.4 Å². The number of aryl methyl sites for hydroxylation is 1. The number of hydrogen-bond donors (Lipinski definition) is 2. The first-order valence-electron chi connectivity index (χ1n) is 6.80. The Labute approximate surface area is 128 Å². The van der Waals surface area contributed by atoms with E-state index in [-0.39, 0.29) is 6.04 Å². The molecule has 5 heteroatoms. The number of hydrogen-bond acceptors (Lipinski definition) is 4. The second-order valence-electron chi connectivity index (χ2n) is 5.06. The van der Waals surface area contributed by atoms with Crippen LogP contribution in [0.4, 0.5) is 0 Å². The summed E-state index contributed by atoms with van der Waals surface area (Å²) < 4.78 is 11.2.